The molecule has 0 unspecified atom stereocenters. The van der Waals surface area contributed by atoms with Crippen LogP contribution in [0.25, 0.3) is 0 Å². The maximum absolute atomic E-state index is 12.9. The number of nitrogens with zero attached hydrogens (tertiary/aromatic N) is 1. The van der Waals surface area contributed by atoms with E-state index in [1.165, 1.54) is 10.5 Å². The van der Waals surface area contributed by atoms with Gasteiger partial charge in [0.2, 0.25) is 5.91 Å². The highest BCUT2D eigenvalue weighted by molar-refractivity contribution is 6.31. The fourth-order valence-corrected chi connectivity index (χ4v) is 4.23. The zero-order valence-electron chi connectivity index (χ0n) is 17.6. The Bertz CT molecular complexity index is 1070. The summed E-state index contributed by atoms with van der Waals surface area (Å²) in [6.45, 7) is 1.67. The van der Waals surface area contributed by atoms with Gasteiger partial charge in [-0.2, -0.15) is 0 Å². The number of esters is 1. The van der Waals surface area contributed by atoms with Crippen LogP contribution in [0.5, 0.6) is 0 Å². The second-order valence-corrected chi connectivity index (χ2v) is 8.33. The zero-order valence-corrected chi connectivity index (χ0v) is 18.4. The highest BCUT2D eigenvalue weighted by atomic mass is 35.5. The summed E-state index contributed by atoms with van der Waals surface area (Å²) in [5, 5.41) is 6.16. The molecule has 8 heteroatoms. The molecule has 0 bridgehead atoms. The van der Waals surface area contributed by atoms with Crippen LogP contribution in [0, 0.1) is 0 Å². The first-order valence-corrected chi connectivity index (χ1v) is 10.9. The van der Waals surface area contributed by atoms with Crippen molar-refractivity contribution in [2.45, 2.75) is 31.8 Å². The fraction of sp³-hybridized carbons (Fsp3) is 0.292. The number of cyclic esters (lactones) is 1. The van der Waals surface area contributed by atoms with Gasteiger partial charge in [-0.25, -0.2) is 9.59 Å². The van der Waals surface area contributed by atoms with Gasteiger partial charge in [0.05, 0.1) is 17.3 Å². The largest absolute Gasteiger partial charge is 0.456 e. The maximum Gasteiger partial charge on any atom is 0.338 e. The third-order valence-corrected chi connectivity index (χ3v) is 5.98. The van der Waals surface area contributed by atoms with Crippen LogP contribution >= 0.6 is 11.6 Å². The van der Waals surface area contributed by atoms with E-state index in [1.807, 2.05) is 37.3 Å². The van der Waals surface area contributed by atoms with Gasteiger partial charge in [0.15, 0.2) is 0 Å². The van der Waals surface area contributed by atoms with E-state index in [2.05, 4.69) is 10.6 Å². The molecular weight excluding hydrogens is 430 g/mol. The van der Waals surface area contributed by atoms with Crippen LogP contribution < -0.4 is 10.6 Å². The van der Waals surface area contributed by atoms with Crippen LogP contribution in [0.2, 0.25) is 5.02 Å². The molecule has 0 aliphatic carbocycles. The Balaban J connectivity index is 1.45. The molecule has 0 saturated carbocycles. The lowest BCUT2D eigenvalue weighted by Gasteiger charge is -2.33. The van der Waals surface area contributed by atoms with Crippen molar-refractivity contribution in [1.29, 1.82) is 0 Å². The number of urea groups is 1. The van der Waals surface area contributed by atoms with Gasteiger partial charge in [0.1, 0.15) is 13.2 Å². The van der Waals surface area contributed by atoms with Gasteiger partial charge in [0, 0.05) is 11.1 Å². The van der Waals surface area contributed by atoms with E-state index >= 15 is 0 Å². The third kappa shape index (κ3) is 4.62. The first kappa shape index (κ1) is 21.9. The Morgan fingerprint density at radius 3 is 2.66 bits per heavy atom. The molecule has 4 rings (SSSR count). The summed E-state index contributed by atoms with van der Waals surface area (Å²) in [6.07, 6.45) is 1.61. The van der Waals surface area contributed by atoms with E-state index in [0.29, 0.717) is 21.9 Å². The summed E-state index contributed by atoms with van der Waals surface area (Å²) in [4.78, 5) is 39.2. The summed E-state index contributed by atoms with van der Waals surface area (Å²) >= 11 is 6.29. The fourth-order valence-electron chi connectivity index (χ4n) is 3.98. The topological polar surface area (TPSA) is 87.7 Å². The van der Waals surface area contributed by atoms with Gasteiger partial charge in [-0.05, 0) is 37.0 Å². The van der Waals surface area contributed by atoms with Crippen LogP contribution in [0.3, 0.4) is 0 Å². The van der Waals surface area contributed by atoms with E-state index < -0.39 is 18.0 Å². The monoisotopic (exact) mass is 453 g/mol. The Hall–Kier alpha value is -3.32. The summed E-state index contributed by atoms with van der Waals surface area (Å²) in [7, 11) is 0. The van der Waals surface area contributed by atoms with E-state index in [9.17, 15) is 14.4 Å². The predicted molar refractivity (Wildman–Crippen MR) is 120 cm³/mol. The van der Waals surface area contributed by atoms with Crippen LogP contribution in [0.4, 0.5) is 4.79 Å². The molecule has 2 aliphatic rings. The molecule has 0 fully saturated rings. The standard InChI is InChI=1S/C24H24ClN3O4/c1-15(11-12-16-7-3-2-4-8-16)26-20(29)13-28-19-14-32-23(30)21(19)22(27-24(28)31)17-9-5-6-10-18(17)25/h2-10,15,22H,11-14H2,1H3,(H,26,29)(H,27,31)/t15-,22-/m1/s1. The van der Waals surface area contributed by atoms with E-state index in [0.717, 1.165) is 12.8 Å². The first-order valence-electron chi connectivity index (χ1n) is 10.5. The van der Waals surface area contributed by atoms with Gasteiger partial charge in [-0.15, -0.1) is 0 Å². The first-order chi connectivity index (χ1) is 15.4. The average Bonchev–Trinajstić information content (AvgIpc) is 3.17. The number of aryl methyl sites for hydroxylation is 1. The Morgan fingerprint density at radius 2 is 1.91 bits per heavy atom. The summed E-state index contributed by atoms with van der Waals surface area (Å²) in [5.74, 6) is -0.824. The zero-order chi connectivity index (χ0) is 22.7. The Labute approximate surface area is 191 Å². The van der Waals surface area contributed by atoms with E-state index in [-0.39, 0.29) is 25.1 Å². The van der Waals surface area contributed by atoms with Crippen molar-refractivity contribution < 1.29 is 19.1 Å². The van der Waals surface area contributed by atoms with E-state index in [1.54, 1.807) is 24.3 Å². The minimum absolute atomic E-state index is 0.0562. The number of benzene rings is 2. The van der Waals surface area contributed by atoms with Crippen molar-refractivity contribution in [2.75, 3.05) is 13.2 Å². The van der Waals surface area contributed by atoms with Gasteiger partial charge < -0.3 is 15.4 Å². The van der Waals surface area contributed by atoms with E-state index in [4.69, 9.17) is 16.3 Å². The number of ether oxygens (including phenoxy) is 1. The molecule has 2 N–H and O–H groups in total. The number of nitrogens with one attached hydrogen (secondary N) is 2. The second-order valence-electron chi connectivity index (χ2n) is 7.92. The number of halogens is 1. The lowest BCUT2D eigenvalue weighted by Crippen LogP contribution is -2.51. The van der Waals surface area contributed by atoms with Crippen LogP contribution in [0.1, 0.15) is 30.5 Å². The molecule has 32 heavy (non-hydrogen) atoms. The normalized spacial score (nSPS) is 18.7. The highest BCUT2D eigenvalue weighted by Crippen LogP contribution is 2.37. The molecule has 2 aliphatic heterocycles. The summed E-state index contributed by atoms with van der Waals surface area (Å²) < 4.78 is 5.20. The van der Waals surface area contributed by atoms with Gasteiger partial charge in [0.25, 0.3) is 0 Å². The molecular formula is C24H24ClN3O4. The number of rotatable bonds is 7. The lowest BCUT2D eigenvalue weighted by atomic mass is 9.95. The Morgan fingerprint density at radius 1 is 1.19 bits per heavy atom. The SMILES string of the molecule is C[C@H](CCc1ccccc1)NC(=O)CN1C(=O)N[C@H](c2ccccc2Cl)C2=C1COC2=O. The molecule has 2 atom stereocenters. The Kier molecular flexibility index (Phi) is 6.46. The van der Waals surface area contributed by atoms with Crippen LogP contribution in [-0.2, 0) is 20.7 Å². The predicted octanol–water partition coefficient (Wildman–Crippen LogP) is 3.35. The number of hydrogen-bond donors (Lipinski definition) is 2. The summed E-state index contributed by atoms with van der Waals surface area (Å²) in [6, 6.07) is 15.8. The summed E-state index contributed by atoms with van der Waals surface area (Å²) in [5.41, 5.74) is 2.51. The molecule has 7 nitrogen and oxygen atoms in total. The van der Waals surface area contributed by atoms with Crippen molar-refractivity contribution in [3.8, 4) is 0 Å². The molecule has 166 valence electrons. The maximum atomic E-state index is 12.9. The number of amides is 3. The second kappa shape index (κ2) is 9.44. The highest BCUT2D eigenvalue weighted by Gasteiger charge is 2.43. The van der Waals surface area contributed by atoms with Crippen LogP contribution in [0.15, 0.2) is 65.9 Å². The van der Waals surface area contributed by atoms with Crippen molar-refractivity contribution in [2.24, 2.45) is 0 Å². The molecule has 0 radical (unpaired) electrons. The van der Waals surface area contributed by atoms with Crippen molar-refractivity contribution in [3.05, 3.63) is 82.0 Å². The minimum atomic E-state index is -0.717. The molecule has 2 heterocycles. The third-order valence-electron chi connectivity index (χ3n) is 5.63. The number of hydrogen-bond acceptors (Lipinski definition) is 4. The molecule has 0 saturated heterocycles. The quantitative estimate of drug-likeness (QED) is 0.629. The van der Waals surface area contributed by atoms with Crippen molar-refractivity contribution in [1.82, 2.24) is 15.5 Å². The molecule has 2 aromatic carbocycles. The van der Waals surface area contributed by atoms with Crippen molar-refractivity contribution in [3.63, 3.8) is 0 Å². The lowest BCUT2D eigenvalue weighted by molar-refractivity contribution is -0.136. The minimum Gasteiger partial charge on any atom is -0.456 e. The molecule has 0 spiro atoms. The van der Waals surface area contributed by atoms with Gasteiger partial charge in [-0.3, -0.25) is 9.69 Å². The van der Waals surface area contributed by atoms with Gasteiger partial charge >= 0.3 is 12.0 Å². The average molecular weight is 454 g/mol. The molecule has 0 aromatic heterocycles. The van der Waals surface area contributed by atoms with Gasteiger partial charge in [-0.1, -0.05) is 60.1 Å². The van der Waals surface area contributed by atoms with Crippen molar-refractivity contribution >= 4 is 29.5 Å². The van der Waals surface area contributed by atoms with Crippen LogP contribution in [-0.4, -0.2) is 42.0 Å². The smallest absolute Gasteiger partial charge is 0.338 e. The number of carbonyl (C=O) groups excluding carboxylic acids is 3. The number of carbonyl (C=O) groups is 3. The molecule has 3 amide bonds. The molecule has 2 aromatic rings.